The van der Waals surface area contributed by atoms with E-state index in [-0.39, 0.29) is 17.9 Å². The number of amides is 1. The molecule has 1 fully saturated rings. The highest BCUT2D eigenvalue weighted by molar-refractivity contribution is 6.46. The third kappa shape index (κ3) is 4.14. The number of aliphatic hydroxyl groups excluding tert-OH is 1. The fraction of sp³-hybridized carbons (Fsp3) is 0.185. The standard InChI is InChI=1S/C27H25NO4/c1-3-32-22-15-13-20(14-16-22)24-23(25(29)21-11-9-18(2)10-12-21)26(30)27(31)28(24)17-19-7-5-4-6-8-19/h4-16,24,29H,3,17H2,1-2H3. The van der Waals surface area contributed by atoms with Crippen molar-refractivity contribution in [1.82, 2.24) is 4.90 Å². The maximum absolute atomic E-state index is 13.1. The van der Waals surface area contributed by atoms with E-state index in [1.807, 2.05) is 80.6 Å². The van der Waals surface area contributed by atoms with E-state index in [9.17, 15) is 14.7 Å². The predicted molar refractivity (Wildman–Crippen MR) is 123 cm³/mol. The number of benzene rings is 3. The maximum Gasteiger partial charge on any atom is 0.295 e. The van der Waals surface area contributed by atoms with Gasteiger partial charge in [0, 0.05) is 12.1 Å². The summed E-state index contributed by atoms with van der Waals surface area (Å²) in [5.74, 6) is -0.771. The molecule has 1 unspecified atom stereocenters. The number of rotatable bonds is 6. The van der Waals surface area contributed by atoms with Crippen molar-refractivity contribution in [3.05, 3.63) is 107 Å². The van der Waals surface area contributed by atoms with Crippen molar-refractivity contribution in [2.45, 2.75) is 26.4 Å². The number of aryl methyl sites for hydroxylation is 1. The Labute approximate surface area is 187 Å². The molecule has 1 atom stereocenters. The van der Waals surface area contributed by atoms with Crippen molar-refractivity contribution >= 4 is 17.4 Å². The number of ketones is 1. The van der Waals surface area contributed by atoms with Crippen LogP contribution in [0.1, 0.15) is 35.2 Å². The van der Waals surface area contributed by atoms with Gasteiger partial charge in [-0.05, 0) is 37.1 Å². The molecule has 0 bridgehead atoms. The minimum absolute atomic E-state index is 0.0962. The highest BCUT2D eigenvalue weighted by Crippen LogP contribution is 2.40. The molecule has 0 radical (unpaired) electrons. The van der Waals surface area contributed by atoms with Crippen molar-refractivity contribution < 1.29 is 19.4 Å². The molecule has 1 heterocycles. The number of ether oxygens (including phenoxy) is 1. The topological polar surface area (TPSA) is 66.8 Å². The first-order chi connectivity index (χ1) is 15.5. The van der Waals surface area contributed by atoms with Crippen LogP contribution in [0.2, 0.25) is 0 Å². The molecule has 0 spiro atoms. The van der Waals surface area contributed by atoms with Crippen molar-refractivity contribution in [2.75, 3.05) is 6.61 Å². The molecule has 0 aromatic heterocycles. The monoisotopic (exact) mass is 427 g/mol. The van der Waals surface area contributed by atoms with E-state index in [0.717, 1.165) is 16.7 Å². The normalized spacial score (nSPS) is 17.6. The van der Waals surface area contributed by atoms with Crippen LogP contribution >= 0.6 is 0 Å². The molecule has 32 heavy (non-hydrogen) atoms. The zero-order valence-electron chi connectivity index (χ0n) is 18.1. The lowest BCUT2D eigenvalue weighted by Crippen LogP contribution is -2.29. The van der Waals surface area contributed by atoms with Gasteiger partial charge in [-0.25, -0.2) is 0 Å². The van der Waals surface area contributed by atoms with E-state index >= 15 is 0 Å². The molecular weight excluding hydrogens is 402 g/mol. The summed E-state index contributed by atoms with van der Waals surface area (Å²) in [6.45, 7) is 4.65. The zero-order chi connectivity index (χ0) is 22.7. The second-order valence-corrected chi connectivity index (χ2v) is 7.78. The number of hydrogen-bond donors (Lipinski definition) is 1. The number of Topliss-reactive ketones (excluding diaryl/α,β-unsaturated/α-hetero) is 1. The summed E-state index contributed by atoms with van der Waals surface area (Å²) in [4.78, 5) is 27.7. The van der Waals surface area contributed by atoms with Gasteiger partial charge in [-0.2, -0.15) is 0 Å². The van der Waals surface area contributed by atoms with Gasteiger partial charge < -0.3 is 14.7 Å². The lowest BCUT2D eigenvalue weighted by atomic mass is 9.95. The smallest absolute Gasteiger partial charge is 0.295 e. The number of likely N-dealkylation sites (tertiary alicyclic amines) is 1. The van der Waals surface area contributed by atoms with Gasteiger partial charge in [0.25, 0.3) is 11.7 Å². The Morgan fingerprint density at radius 1 is 0.938 bits per heavy atom. The Kier molecular flexibility index (Phi) is 6.08. The van der Waals surface area contributed by atoms with Crippen LogP contribution in [-0.2, 0) is 16.1 Å². The summed E-state index contributed by atoms with van der Waals surface area (Å²) in [7, 11) is 0. The first kappa shape index (κ1) is 21.4. The summed E-state index contributed by atoms with van der Waals surface area (Å²) in [6, 6.07) is 23.3. The molecule has 4 rings (SSSR count). The third-order valence-electron chi connectivity index (χ3n) is 5.57. The molecular formula is C27H25NO4. The Hall–Kier alpha value is -3.86. The summed E-state index contributed by atoms with van der Waals surface area (Å²) in [6.07, 6.45) is 0. The second kappa shape index (κ2) is 9.10. The van der Waals surface area contributed by atoms with Crippen LogP contribution < -0.4 is 4.74 Å². The molecule has 1 N–H and O–H groups in total. The third-order valence-corrected chi connectivity index (χ3v) is 5.57. The van der Waals surface area contributed by atoms with E-state index < -0.39 is 17.7 Å². The van der Waals surface area contributed by atoms with Gasteiger partial charge in [-0.1, -0.05) is 72.3 Å². The number of carbonyl (C=O) groups excluding carboxylic acids is 2. The largest absolute Gasteiger partial charge is 0.507 e. The van der Waals surface area contributed by atoms with Crippen molar-refractivity contribution in [1.29, 1.82) is 0 Å². The van der Waals surface area contributed by atoms with E-state index in [2.05, 4.69) is 0 Å². The van der Waals surface area contributed by atoms with Crippen LogP contribution in [0.5, 0.6) is 5.75 Å². The molecule has 5 nitrogen and oxygen atoms in total. The SMILES string of the molecule is CCOc1ccc(C2C(=C(O)c3ccc(C)cc3)C(=O)C(=O)N2Cc2ccccc2)cc1. The van der Waals surface area contributed by atoms with Gasteiger partial charge in [0.05, 0.1) is 18.2 Å². The number of nitrogens with zero attached hydrogens (tertiary/aromatic N) is 1. The molecule has 5 heteroatoms. The van der Waals surface area contributed by atoms with Crippen molar-refractivity contribution in [3.63, 3.8) is 0 Å². The Balaban J connectivity index is 1.83. The summed E-state index contributed by atoms with van der Waals surface area (Å²) < 4.78 is 5.53. The van der Waals surface area contributed by atoms with Gasteiger partial charge in [-0.15, -0.1) is 0 Å². The van der Waals surface area contributed by atoms with E-state index in [4.69, 9.17) is 4.74 Å². The lowest BCUT2D eigenvalue weighted by Gasteiger charge is -2.25. The van der Waals surface area contributed by atoms with Gasteiger partial charge in [-0.3, -0.25) is 9.59 Å². The Morgan fingerprint density at radius 2 is 1.59 bits per heavy atom. The maximum atomic E-state index is 13.1. The summed E-state index contributed by atoms with van der Waals surface area (Å²) >= 11 is 0. The summed E-state index contributed by atoms with van der Waals surface area (Å²) in [5.41, 5.74) is 3.27. The minimum Gasteiger partial charge on any atom is -0.507 e. The molecule has 1 aliphatic rings. The van der Waals surface area contributed by atoms with Crippen molar-refractivity contribution in [2.24, 2.45) is 0 Å². The van der Waals surface area contributed by atoms with Crippen LogP contribution in [0.25, 0.3) is 5.76 Å². The number of carbonyl (C=O) groups is 2. The second-order valence-electron chi connectivity index (χ2n) is 7.78. The molecule has 3 aromatic rings. The first-order valence-electron chi connectivity index (χ1n) is 10.6. The quantitative estimate of drug-likeness (QED) is 0.341. The molecule has 1 aliphatic heterocycles. The fourth-order valence-corrected chi connectivity index (χ4v) is 3.95. The average molecular weight is 428 g/mol. The van der Waals surface area contributed by atoms with Crippen LogP contribution in [-0.4, -0.2) is 28.3 Å². The van der Waals surface area contributed by atoms with Gasteiger partial charge in [0.15, 0.2) is 0 Å². The Morgan fingerprint density at radius 3 is 2.22 bits per heavy atom. The number of aliphatic hydroxyl groups is 1. The average Bonchev–Trinajstić information content (AvgIpc) is 3.05. The van der Waals surface area contributed by atoms with Crippen LogP contribution in [0.4, 0.5) is 0 Å². The van der Waals surface area contributed by atoms with E-state index in [1.54, 1.807) is 12.1 Å². The van der Waals surface area contributed by atoms with Gasteiger partial charge >= 0.3 is 0 Å². The van der Waals surface area contributed by atoms with Crippen LogP contribution in [0.15, 0.2) is 84.4 Å². The lowest BCUT2D eigenvalue weighted by molar-refractivity contribution is -0.140. The molecule has 0 aliphatic carbocycles. The van der Waals surface area contributed by atoms with Crippen LogP contribution in [0, 0.1) is 6.92 Å². The predicted octanol–water partition coefficient (Wildman–Crippen LogP) is 5.02. The fourth-order valence-electron chi connectivity index (χ4n) is 3.95. The highest BCUT2D eigenvalue weighted by Gasteiger charge is 2.46. The molecule has 162 valence electrons. The van der Waals surface area contributed by atoms with Gasteiger partial charge in [0.2, 0.25) is 0 Å². The molecule has 3 aromatic carbocycles. The molecule has 0 saturated carbocycles. The zero-order valence-corrected chi connectivity index (χ0v) is 18.1. The minimum atomic E-state index is -0.702. The Bertz CT molecular complexity index is 1150. The van der Waals surface area contributed by atoms with E-state index in [0.29, 0.717) is 17.9 Å². The first-order valence-corrected chi connectivity index (χ1v) is 10.6. The van der Waals surface area contributed by atoms with Crippen LogP contribution in [0.3, 0.4) is 0 Å². The number of hydrogen-bond acceptors (Lipinski definition) is 4. The molecule has 1 saturated heterocycles. The highest BCUT2D eigenvalue weighted by atomic mass is 16.5. The summed E-state index contributed by atoms with van der Waals surface area (Å²) in [5, 5.41) is 11.1. The van der Waals surface area contributed by atoms with Crippen molar-refractivity contribution in [3.8, 4) is 5.75 Å². The van der Waals surface area contributed by atoms with Gasteiger partial charge in [0.1, 0.15) is 11.5 Å². The van der Waals surface area contributed by atoms with E-state index in [1.165, 1.54) is 4.90 Å². The molecule has 1 amide bonds.